The number of rotatable bonds is 4. The third kappa shape index (κ3) is 2.03. The van der Waals surface area contributed by atoms with E-state index in [1.165, 1.54) is 11.3 Å². The number of hydrogen-bond donors (Lipinski definition) is 1. The minimum Gasteiger partial charge on any atom is -0.477 e. The Morgan fingerprint density at radius 2 is 2.40 bits per heavy atom. The van der Waals surface area contributed by atoms with Crippen molar-refractivity contribution in [3.63, 3.8) is 0 Å². The average molecular weight is 227 g/mol. The zero-order chi connectivity index (χ0) is 11.0. The molecule has 0 aromatic carbocycles. The Morgan fingerprint density at radius 1 is 1.73 bits per heavy atom. The van der Waals surface area contributed by atoms with Crippen LogP contribution in [-0.2, 0) is 11.3 Å². The fourth-order valence-electron chi connectivity index (χ4n) is 1.60. The lowest BCUT2D eigenvalue weighted by Gasteiger charge is -1.94. The van der Waals surface area contributed by atoms with Crippen molar-refractivity contribution >= 4 is 17.3 Å². The molecule has 1 fully saturated rings. The largest absolute Gasteiger partial charge is 0.477 e. The third-order valence-electron chi connectivity index (χ3n) is 2.62. The van der Waals surface area contributed by atoms with Crippen molar-refractivity contribution in [2.24, 2.45) is 5.92 Å². The van der Waals surface area contributed by atoms with Crippen molar-refractivity contribution in [3.8, 4) is 0 Å². The van der Waals surface area contributed by atoms with Crippen molar-refractivity contribution in [1.29, 1.82) is 0 Å². The molecule has 1 saturated carbocycles. The fourth-order valence-corrected chi connectivity index (χ4v) is 2.75. The fraction of sp³-hybridized carbons (Fsp3) is 0.600. The first-order valence-corrected chi connectivity index (χ1v) is 5.67. The predicted molar refractivity (Wildman–Crippen MR) is 56.3 cm³/mol. The van der Waals surface area contributed by atoms with Gasteiger partial charge in [-0.3, -0.25) is 0 Å². The summed E-state index contributed by atoms with van der Waals surface area (Å²) < 4.78 is 4.94. The van der Waals surface area contributed by atoms with Crippen LogP contribution >= 0.6 is 11.3 Å². The standard InChI is InChI=1S/C10H13NO3S/c1-5-3-6(5)9-11-7(4-14-2)8(15-9)10(12)13/h5-6H,3-4H2,1-2H3,(H,12,13). The summed E-state index contributed by atoms with van der Waals surface area (Å²) in [7, 11) is 1.55. The minimum absolute atomic E-state index is 0.277. The molecule has 1 heterocycles. The Hall–Kier alpha value is -0.940. The predicted octanol–water partition coefficient (Wildman–Crippen LogP) is 2.11. The molecule has 0 amide bonds. The third-order valence-corrected chi connectivity index (χ3v) is 3.83. The van der Waals surface area contributed by atoms with Gasteiger partial charge >= 0.3 is 5.97 Å². The van der Waals surface area contributed by atoms with Gasteiger partial charge in [-0.25, -0.2) is 9.78 Å². The summed E-state index contributed by atoms with van der Waals surface area (Å²) in [6, 6.07) is 0. The second-order valence-corrected chi connectivity index (χ2v) is 4.92. The van der Waals surface area contributed by atoms with Gasteiger partial charge in [-0.1, -0.05) is 6.92 Å². The topological polar surface area (TPSA) is 59.4 Å². The monoisotopic (exact) mass is 227 g/mol. The first-order valence-electron chi connectivity index (χ1n) is 4.85. The highest BCUT2D eigenvalue weighted by Crippen LogP contribution is 2.48. The van der Waals surface area contributed by atoms with Gasteiger partial charge in [0.25, 0.3) is 0 Å². The molecule has 0 bridgehead atoms. The van der Waals surface area contributed by atoms with E-state index < -0.39 is 5.97 Å². The Labute approximate surface area is 91.9 Å². The average Bonchev–Trinajstić information content (AvgIpc) is 2.76. The molecule has 1 aromatic heterocycles. The summed E-state index contributed by atoms with van der Waals surface area (Å²) in [5.74, 6) is 0.214. The van der Waals surface area contributed by atoms with Crippen LogP contribution in [0.15, 0.2) is 0 Å². The van der Waals surface area contributed by atoms with Gasteiger partial charge < -0.3 is 9.84 Å². The van der Waals surface area contributed by atoms with E-state index in [-0.39, 0.29) is 6.61 Å². The molecule has 2 unspecified atom stereocenters. The number of carboxylic acid groups (broad SMARTS) is 1. The first kappa shape index (κ1) is 10.6. The van der Waals surface area contributed by atoms with E-state index in [4.69, 9.17) is 9.84 Å². The van der Waals surface area contributed by atoms with Gasteiger partial charge in [0.15, 0.2) is 0 Å². The van der Waals surface area contributed by atoms with E-state index >= 15 is 0 Å². The van der Waals surface area contributed by atoms with Gasteiger partial charge in [-0.05, 0) is 12.3 Å². The molecule has 2 rings (SSSR count). The second-order valence-electron chi connectivity index (χ2n) is 3.89. The van der Waals surface area contributed by atoms with Gasteiger partial charge in [0.1, 0.15) is 4.88 Å². The zero-order valence-corrected chi connectivity index (χ0v) is 9.50. The number of hydrogen-bond acceptors (Lipinski definition) is 4. The summed E-state index contributed by atoms with van der Waals surface area (Å²) in [4.78, 5) is 15.6. The van der Waals surface area contributed by atoms with Gasteiger partial charge in [-0.2, -0.15) is 0 Å². The molecular weight excluding hydrogens is 214 g/mol. The Kier molecular flexibility index (Phi) is 2.75. The Bertz CT molecular complexity index is 388. The maximum Gasteiger partial charge on any atom is 0.347 e. The lowest BCUT2D eigenvalue weighted by Crippen LogP contribution is -1.99. The normalized spacial score (nSPS) is 24.1. The molecule has 0 spiro atoms. The molecule has 15 heavy (non-hydrogen) atoms. The molecule has 0 saturated heterocycles. The van der Waals surface area contributed by atoms with Gasteiger partial charge in [0.05, 0.1) is 17.3 Å². The molecule has 82 valence electrons. The summed E-state index contributed by atoms with van der Waals surface area (Å²) >= 11 is 1.29. The molecule has 1 aromatic rings. The lowest BCUT2D eigenvalue weighted by molar-refractivity contribution is 0.0697. The van der Waals surface area contributed by atoms with Gasteiger partial charge in [0.2, 0.25) is 0 Å². The number of methoxy groups -OCH3 is 1. The number of aromatic nitrogens is 1. The second kappa shape index (κ2) is 3.90. The molecule has 2 atom stereocenters. The number of aromatic carboxylic acids is 1. The van der Waals surface area contributed by atoms with Crippen LogP contribution < -0.4 is 0 Å². The van der Waals surface area contributed by atoms with E-state index in [9.17, 15) is 4.79 Å². The highest BCUT2D eigenvalue weighted by atomic mass is 32.1. The summed E-state index contributed by atoms with van der Waals surface area (Å²) in [6.07, 6.45) is 1.12. The van der Waals surface area contributed by atoms with Crippen LogP contribution in [0.1, 0.15) is 39.6 Å². The first-order chi connectivity index (χ1) is 7.13. The summed E-state index contributed by atoms with van der Waals surface area (Å²) in [5, 5.41) is 9.94. The van der Waals surface area contributed by atoms with Crippen molar-refractivity contribution in [3.05, 3.63) is 15.6 Å². The Balaban J connectivity index is 2.27. The van der Waals surface area contributed by atoms with E-state index in [1.54, 1.807) is 7.11 Å². The molecule has 1 aliphatic carbocycles. The van der Waals surface area contributed by atoms with Gasteiger partial charge in [-0.15, -0.1) is 11.3 Å². The highest BCUT2D eigenvalue weighted by Gasteiger charge is 2.37. The van der Waals surface area contributed by atoms with E-state index in [0.29, 0.717) is 22.4 Å². The molecule has 5 heteroatoms. The number of thiazole rings is 1. The van der Waals surface area contributed by atoms with Crippen molar-refractivity contribution in [2.75, 3.05) is 7.11 Å². The van der Waals surface area contributed by atoms with Crippen LogP contribution in [0.4, 0.5) is 0 Å². The van der Waals surface area contributed by atoms with Crippen LogP contribution in [0.3, 0.4) is 0 Å². The number of ether oxygens (including phenoxy) is 1. The lowest BCUT2D eigenvalue weighted by atomic mass is 10.3. The van der Waals surface area contributed by atoms with Crippen molar-refractivity contribution in [1.82, 2.24) is 4.98 Å². The summed E-state index contributed by atoms with van der Waals surface area (Å²) in [6.45, 7) is 2.43. The van der Waals surface area contributed by atoms with Crippen LogP contribution in [0.2, 0.25) is 0 Å². The smallest absolute Gasteiger partial charge is 0.347 e. The number of nitrogens with zero attached hydrogens (tertiary/aromatic N) is 1. The van der Waals surface area contributed by atoms with Gasteiger partial charge in [0, 0.05) is 13.0 Å². The van der Waals surface area contributed by atoms with E-state index in [2.05, 4.69) is 11.9 Å². The van der Waals surface area contributed by atoms with Crippen molar-refractivity contribution < 1.29 is 14.6 Å². The van der Waals surface area contributed by atoms with E-state index in [1.807, 2.05) is 0 Å². The number of carboxylic acids is 1. The van der Waals surface area contributed by atoms with Crippen LogP contribution in [-0.4, -0.2) is 23.2 Å². The highest BCUT2D eigenvalue weighted by molar-refractivity contribution is 7.13. The quantitative estimate of drug-likeness (QED) is 0.855. The molecule has 1 N–H and O–H groups in total. The maximum absolute atomic E-state index is 10.9. The Morgan fingerprint density at radius 3 is 2.87 bits per heavy atom. The SMILES string of the molecule is COCc1nc(C2CC2C)sc1C(=O)O. The molecule has 4 nitrogen and oxygen atoms in total. The summed E-state index contributed by atoms with van der Waals surface area (Å²) in [5.41, 5.74) is 0.559. The van der Waals surface area contributed by atoms with Crippen LogP contribution in [0.25, 0.3) is 0 Å². The maximum atomic E-state index is 10.9. The molecular formula is C10H13NO3S. The van der Waals surface area contributed by atoms with Crippen LogP contribution in [0.5, 0.6) is 0 Å². The zero-order valence-electron chi connectivity index (χ0n) is 8.69. The molecule has 0 radical (unpaired) electrons. The van der Waals surface area contributed by atoms with Crippen molar-refractivity contribution in [2.45, 2.75) is 25.9 Å². The number of carbonyl (C=O) groups is 1. The molecule has 0 aliphatic heterocycles. The van der Waals surface area contributed by atoms with Crippen LogP contribution in [0, 0.1) is 5.92 Å². The minimum atomic E-state index is -0.904. The van der Waals surface area contributed by atoms with E-state index in [0.717, 1.165) is 11.4 Å². The molecule has 1 aliphatic rings.